The Bertz CT molecular complexity index is 325. The molecule has 2 fully saturated rings. The minimum atomic E-state index is 0.233. The first-order valence-corrected chi connectivity index (χ1v) is 6.83. The van der Waals surface area contributed by atoms with Crippen LogP contribution in [0.3, 0.4) is 0 Å². The zero-order chi connectivity index (χ0) is 11.8. The standard InChI is InChI=1S/C14H21NO2/c1-10-7-12-8-15(9-13(12)17-10)14(16)11-5-3-2-4-6-11/h2-3,10-13H,4-9H2,1H3/t10-,11?,12+,13-/m1/s1. The van der Waals surface area contributed by atoms with Gasteiger partial charge in [-0.2, -0.15) is 0 Å². The molecule has 4 atom stereocenters. The number of rotatable bonds is 1. The summed E-state index contributed by atoms with van der Waals surface area (Å²) in [6, 6.07) is 0. The van der Waals surface area contributed by atoms with Crippen LogP contribution in [-0.2, 0) is 9.53 Å². The Hall–Kier alpha value is -0.830. The van der Waals surface area contributed by atoms with E-state index >= 15 is 0 Å². The molecule has 1 amide bonds. The predicted octanol–water partition coefficient (Wildman–Crippen LogP) is 1.98. The molecule has 0 aromatic rings. The SMILES string of the molecule is C[C@@H]1C[C@H]2CN(C(=O)C3CC=CCC3)C[C@H]2O1. The molecule has 0 spiro atoms. The predicted molar refractivity (Wildman–Crippen MR) is 65.5 cm³/mol. The number of hydrogen-bond acceptors (Lipinski definition) is 2. The zero-order valence-corrected chi connectivity index (χ0v) is 10.5. The Morgan fingerprint density at radius 1 is 1.35 bits per heavy atom. The molecule has 0 radical (unpaired) electrons. The summed E-state index contributed by atoms with van der Waals surface area (Å²) in [6.45, 7) is 3.89. The van der Waals surface area contributed by atoms with Crippen LogP contribution in [0.1, 0.15) is 32.6 Å². The van der Waals surface area contributed by atoms with Gasteiger partial charge in [0, 0.05) is 24.9 Å². The Balaban J connectivity index is 1.60. The van der Waals surface area contributed by atoms with Gasteiger partial charge in [-0.3, -0.25) is 4.79 Å². The van der Waals surface area contributed by atoms with Crippen LogP contribution in [0.2, 0.25) is 0 Å². The second-order valence-corrected chi connectivity index (χ2v) is 5.71. The van der Waals surface area contributed by atoms with Gasteiger partial charge in [-0.25, -0.2) is 0 Å². The topological polar surface area (TPSA) is 29.5 Å². The van der Waals surface area contributed by atoms with Crippen molar-refractivity contribution in [1.29, 1.82) is 0 Å². The van der Waals surface area contributed by atoms with Gasteiger partial charge in [0.05, 0.1) is 12.2 Å². The number of fused-ring (bicyclic) bond motifs is 1. The van der Waals surface area contributed by atoms with Crippen molar-refractivity contribution in [2.45, 2.75) is 44.8 Å². The molecule has 17 heavy (non-hydrogen) atoms. The summed E-state index contributed by atoms with van der Waals surface area (Å²) in [5.74, 6) is 1.18. The number of nitrogens with zero attached hydrogens (tertiary/aromatic N) is 1. The summed E-state index contributed by atoms with van der Waals surface area (Å²) in [4.78, 5) is 14.4. The van der Waals surface area contributed by atoms with Crippen molar-refractivity contribution in [2.75, 3.05) is 13.1 Å². The van der Waals surface area contributed by atoms with E-state index in [0.29, 0.717) is 24.0 Å². The molecule has 3 heteroatoms. The number of hydrogen-bond donors (Lipinski definition) is 0. The van der Waals surface area contributed by atoms with E-state index in [1.807, 2.05) is 4.90 Å². The maximum atomic E-state index is 12.3. The van der Waals surface area contributed by atoms with Crippen molar-refractivity contribution in [3.63, 3.8) is 0 Å². The Morgan fingerprint density at radius 2 is 2.24 bits per heavy atom. The second kappa shape index (κ2) is 4.45. The quantitative estimate of drug-likeness (QED) is 0.650. The van der Waals surface area contributed by atoms with Crippen molar-refractivity contribution in [2.24, 2.45) is 11.8 Å². The van der Waals surface area contributed by atoms with Gasteiger partial charge in [0.1, 0.15) is 0 Å². The van der Waals surface area contributed by atoms with Crippen LogP contribution in [0.15, 0.2) is 12.2 Å². The second-order valence-electron chi connectivity index (χ2n) is 5.71. The highest BCUT2D eigenvalue weighted by molar-refractivity contribution is 5.79. The van der Waals surface area contributed by atoms with E-state index in [0.717, 1.165) is 38.8 Å². The minimum Gasteiger partial charge on any atom is -0.373 e. The van der Waals surface area contributed by atoms with Crippen LogP contribution < -0.4 is 0 Å². The Kier molecular flexibility index (Phi) is 2.95. The number of amides is 1. The van der Waals surface area contributed by atoms with Crippen molar-refractivity contribution in [3.05, 3.63) is 12.2 Å². The average molecular weight is 235 g/mol. The highest BCUT2D eigenvalue weighted by Crippen LogP contribution is 2.34. The van der Waals surface area contributed by atoms with E-state index in [2.05, 4.69) is 19.1 Å². The molecule has 0 aromatic heterocycles. The van der Waals surface area contributed by atoms with Gasteiger partial charge in [0.25, 0.3) is 0 Å². The fraction of sp³-hybridized carbons (Fsp3) is 0.786. The summed E-state index contributed by atoms with van der Waals surface area (Å²) in [5, 5.41) is 0. The van der Waals surface area contributed by atoms with Crippen LogP contribution >= 0.6 is 0 Å². The molecule has 2 saturated heterocycles. The first-order chi connectivity index (χ1) is 8.24. The Morgan fingerprint density at radius 3 is 2.94 bits per heavy atom. The molecule has 1 aliphatic carbocycles. The lowest BCUT2D eigenvalue weighted by Crippen LogP contribution is -2.36. The largest absolute Gasteiger partial charge is 0.373 e. The van der Waals surface area contributed by atoms with E-state index in [1.54, 1.807) is 0 Å². The lowest BCUT2D eigenvalue weighted by atomic mass is 9.93. The molecule has 1 unspecified atom stereocenters. The van der Waals surface area contributed by atoms with E-state index in [9.17, 15) is 4.79 Å². The minimum absolute atomic E-state index is 0.233. The number of allylic oxidation sites excluding steroid dienone is 2. The molecule has 2 heterocycles. The number of ether oxygens (including phenoxy) is 1. The van der Waals surface area contributed by atoms with Gasteiger partial charge in [-0.15, -0.1) is 0 Å². The van der Waals surface area contributed by atoms with Crippen molar-refractivity contribution < 1.29 is 9.53 Å². The van der Waals surface area contributed by atoms with E-state index in [-0.39, 0.29) is 5.92 Å². The molecule has 0 N–H and O–H groups in total. The van der Waals surface area contributed by atoms with E-state index < -0.39 is 0 Å². The van der Waals surface area contributed by atoms with Crippen molar-refractivity contribution >= 4 is 5.91 Å². The third-order valence-corrected chi connectivity index (χ3v) is 4.35. The van der Waals surface area contributed by atoms with Gasteiger partial charge < -0.3 is 9.64 Å². The fourth-order valence-corrected chi connectivity index (χ4v) is 3.46. The number of carbonyl (C=O) groups excluding carboxylic acids is 1. The summed E-state index contributed by atoms with van der Waals surface area (Å²) in [5.41, 5.74) is 0. The molecule has 0 saturated carbocycles. The van der Waals surface area contributed by atoms with Crippen LogP contribution in [0.4, 0.5) is 0 Å². The first kappa shape index (κ1) is 11.3. The normalized spacial score (nSPS) is 40.6. The summed E-state index contributed by atoms with van der Waals surface area (Å²) >= 11 is 0. The zero-order valence-electron chi connectivity index (χ0n) is 10.5. The summed E-state index contributed by atoms with van der Waals surface area (Å²) in [7, 11) is 0. The smallest absolute Gasteiger partial charge is 0.226 e. The summed E-state index contributed by atoms with van der Waals surface area (Å²) < 4.78 is 5.85. The van der Waals surface area contributed by atoms with Gasteiger partial charge in [0.2, 0.25) is 5.91 Å². The molecule has 0 aromatic carbocycles. The van der Waals surface area contributed by atoms with Crippen LogP contribution in [0.25, 0.3) is 0 Å². The Labute approximate surface area is 103 Å². The highest BCUT2D eigenvalue weighted by atomic mass is 16.5. The van der Waals surface area contributed by atoms with Gasteiger partial charge >= 0.3 is 0 Å². The molecule has 2 aliphatic heterocycles. The fourth-order valence-electron chi connectivity index (χ4n) is 3.46. The molecule has 3 aliphatic rings. The molecular weight excluding hydrogens is 214 g/mol. The monoisotopic (exact) mass is 235 g/mol. The van der Waals surface area contributed by atoms with Crippen molar-refractivity contribution in [1.82, 2.24) is 4.90 Å². The molecule has 94 valence electrons. The van der Waals surface area contributed by atoms with Crippen molar-refractivity contribution in [3.8, 4) is 0 Å². The first-order valence-electron chi connectivity index (χ1n) is 6.83. The van der Waals surface area contributed by atoms with E-state index in [4.69, 9.17) is 4.74 Å². The maximum absolute atomic E-state index is 12.3. The number of likely N-dealkylation sites (tertiary alicyclic amines) is 1. The lowest BCUT2D eigenvalue weighted by molar-refractivity contribution is -0.135. The summed E-state index contributed by atoms with van der Waals surface area (Å²) in [6.07, 6.45) is 9.19. The lowest BCUT2D eigenvalue weighted by Gasteiger charge is -2.25. The van der Waals surface area contributed by atoms with Crippen LogP contribution in [0.5, 0.6) is 0 Å². The molecule has 3 nitrogen and oxygen atoms in total. The molecule has 3 rings (SSSR count). The van der Waals surface area contributed by atoms with Crippen LogP contribution in [0, 0.1) is 11.8 Å². The van der Waals surface area contributed by atoms with Crippen LogP contribution in [-0.4, -0.2) is 36.1 Å². The molecule has 0 bridgehead atoms. The van der Waals surface area contributed by atoms with E-state index in [1.165, 1.54) is 0 Å². The van der Waals surface area contributed by atoms with Gasteiger partial charge in [-0.1, -0.05) is 12.2 Å². The third-order valence-electron chi connectivity index (χ3n) is 4.35. The number of carbonyl (C=O) groups is 1. The maximum Gasteiger partial charge on any atom is 0.226 e. The highest BCUT2D eigenvalue weighted by Gasteiger charge is 2.42. The van der Waals surface area contributed by atoms with Gasteiger partial charge in [0.15, 0.2) is 0 Å². The molecular formula is C14H21NO2. The van der Waals surface area contributed by atoms with Gasteiger partial charge in [-0.05, 0) is 32.6 Å². The average Bonchev–Trinajstić information content (AvgIpc) is 2.86. The third kappa shape index (κ3) is 2.13.